The average Bonchev–Trinajstić information content (AvgIpc) is 2.12. The van der Waals surface area contributed by atoms with Crippen LogP contribution in [0.1, 0.15) is 13.2 Å². The third kappa shape index (κ3) is 0.840. The lowest BCUT2D eigenvalue weighted by atomic mass is 10.7. The molecule has 0 bridgehead atoms. The molecule has 1 N–H and O–H groups in total. The number of aromatic nitrogens is 3. The number of hydrogen-bond acceptors (Lipinski definition) is 3. The Labute approximate surface area is 46.8 Å². The molecule has 44 valence electrons. The van der Waals surface area contributed by atoms with Crippen LogP contribution in [-0.2, 0) is 0 Å². The summed E-state index contributed by atoms with van der Waals surface area (Å²) in [7, 11) is 0. The summed E-state index contributed by atoms with van der Waals surface area (Å²) >= 11 is 0. The maximum atomic E-state index is 8.77. The fourth-order valence-corrected chi connectivity index (χ4v) is 0.417. The molecule has 0 aliphatic carbocycles. The van der Waals surface area contributed by atoms with Gasteiger partial charge in [0.1, 0.15) is 6.23 Å². The SMILES string of the molecule is C[C@@H](O)n1ccnn1. The molecular formula is C4H7N3O. The van der Waals surface area contributed by atoms with Crippen molar-refractivity contribution in [3.05, 3.63) is 12.4 Å². The topological polar surface area (TPSA) is 50.9 Å². The highest BCUT2D eigenvalue weighted by atomic mass is 16.3. The summed E-state index contributed by atoms with van der Waals surface area (Å²) in [5.41, 5.74) is 0. The van der Waals surface area contributed by atoms with Gasteiger partial charge in [-0.15, -0.1) is 5.10 Å². The first-order valence-corrected chi connectivity index (χ1v) is 2.34. The number of aliphatic hydroxyl groups is 1. The minimum Gasteiger partial charge on any atom is -0.372 e. The van der Waals surface area contributed by atoms with Crippen molar-refractivity contribution in [2.24, 2.45) is 0 Å². The van der Waals surface area contributed by atoms with Crippen molar-refractivity contribution >= 4 is 0 Å². The molecule has 0 saturated carbocycles. The van der Waals surface area contributed by atoms with E-state index in [4.69, 9.17) is 5.11 Å². The molecular weight excluding hydrogens is 106 g/mol. The molecule has 0 unspecified atom stereocenters. The summed E-state index contributed by atoms with van der Waals surface area (Å²) in [4.78, 5) is 0. The first kappa shape index (κ1) is 5.24. The van der Waals surface area contributed by atoms with Crippen molar-refractivity contribution < 1.29 is 5.11 Å². The molecule has 1 aromatic rings. The number of aliphatic hydroxyl groups excluding tert-OH is 1. The summed E-state index contributed by atoms with van der Waals surface area (Å²) in [6.07, 6.45) is 2.55. The molecule has 0 amide bonds. The highest BCUT2D eigenvalue weighted by molar-refractivity contribution is 4.64. The molecule has 0 aromatic carbocycles. The van der Waals surface area contributed by atoms with E-state index in [-0.39, 0.29) is 0 Å². The number of nitrogens with zero attached hydrogens (tertiary/aromatic N) is 3. The van der Waals surface area contributed by atoms with Crippen LogP contribution >= 0.6 is 0 Å². The van der Waals surface area contributed by atoms with Gasteiger partial charge in [0, 0.05) is 6.20 Å². The van der Waals surface area contributed by atoms with Crippen LogP contribution in [0.3, 0.4) is 0 Å². The van der Waals surface area contributed by atoms with Crippen molar-refractivity contribution in [3.8, 4) is 0 Å². The Hall–Kier alpha value is -0.900. The first-order valence-electron chi connectivity index (χ1n) is 2.34. The van der Waals surface area contributed by atoms with Crippen LogP contribution in [0.15, 0.2) is 12.4 Å². The van der Waals surface area contributed by atoms with Crippen molar-refractivity contribution in [2.45, 2.75) is 13.2 Å². The summed E-state index contributed by atoms with van der Waals surface area (Å²) in [5, 5.41) is 15.8. The van der Waals surface area contributed by atoms with Crippen LogP contribution in [0.25, 0.3) is 0 Å². The molecule has 8 heavy (non-hydrogen) atoms. The largest absolute Gasteiger partial charge is 0.372 e. The monoisotopic (exact) mass is 113 g/mol. The van der Waals surface area contributed by atoms with Crippen LogP contribution in [0.5, 0.6) is 0 Å². The predicted octanol–water partition coefficient (Wildman–Crippen LogP) is -0.211. The van der Waals surface area contributed by atoms with Gasteiger partial charge < -0.3 is 5.11 Å². The van der Waals surface area contributed by atoms with Gasteiger partial charge in [-0.2, -0.15) is 0 Å². The second kappa shape index (κ2) is 1.92. The molecule has 0 saturated heterocycles. The third-order valence-corrected chi connectivity index (χ3v) is 0.824. The van der Waals surface area contributed by atoms with Gasteiger partial charge in [-0.1, -0.05) is 5.21 Å². The van der Waals surface area contributed by atoms with Gasteiger partial charge in [0.05, 0.1) is 6.20 Å². The Morgan fingerprint density at radius 3 is 2.75 bits per heavy atom. The van der Waals surface area contributed by atoms with Crippen molar-refractivity contribution in [1.29, 1.82) is 0 Å². The van der Waals surface area contributed by atoms with Gasteiger partial charge >= 0.3 is 0 Å². The smallest absolute Gasteiger partial charge is 0.145 e. The Morgan fingerprint density at radius 1 is 1.75 bits per heavy atom. The quantitative estimate of drug-likeness (QED) is 0.548. The predicted molar refractivity (Wildman–Crippen MR) is 27.0 cm³/mol. The van der Waals surface area contributed by atoms with Crippen LogP contribution in [-0.4, -0.2) is 20.1 Å². The molecule has 4 heteroatoms. The molecule has 4 nitrogen and oxygen atoms in total. The third-order valence-electron chi connectivity index (χ3n) is 0.824. The molecule has 1 aromatic heterocycles. The van der Waals surface area contributed by atoms with E-state index in [0.29, 0.717) is 0 Å². The van der Waals surface area contributed by atoms with E-state index in [2.05, 4.69) is 10.3 Å². The lowest BCUT2D eigenvalue weighted by Gasteiger charge is -1.99. The van der Waals surface area contributed by atoms with E-state index < -0.39 is 6.23 Å². The fraction of sp³-hybridized carbons (Fsp3) is 0.500. The van der Waals surface area contributed by atoms with E-state index in [0.717, 1.165) is 0 Å². The fourth-order valence-electron chi connectivity index (χ4n) is 0.417. The minimum atomic E-state index is -0.572. The van der Waals surface area contributed by atoms with E-state index in [9.17, 15) is 0 Å². The lowest BCUT2D eigenvalue weighted by molar-refractivity contribution is 0.108. The van der Waals surface area contributed by atoms with Crippen LogP contribution in [0.4, 0.5) is 0 Å². The van der Waals surface area contributed by atoms with Crippen LogP contribution in [0.2, 0.25) is 0 Å². The van der Waals surface area contributed by atoms with Gasteiger partial charge in [0.15, 0.2) is 0 Å². The molecule has 0 aliphatic rings. The van der Waals surface area contributed by atoms with Crippen LogP contribution in [0, 0.1) is 0 Å². The Bertz CT molecular complexity index is 146. The zero-order valence-corrected chi connectivity index (χ0v) is 4.52. The van der Waals surface area contributed by atoms with Gasteiger partial charge in [0.25, 0.3) is 0 Å². The molecule has 1 atom stereocenters. The zero-order chi connectivity index (χ0) is 5.98. The number of hydrogen-bond donors (Lipinski definition) is 1. The second-order valence-corrected chi connectivity index (χ2v) is 1.51. The van der Waals surface area contributed by atoms with Crippen molar-refractivity contribution in [3.63, 3.8) is 0 Å². The molecule has 0 aliphatic heterocycles. The summed E-state index contributed by atoms with van der Waals surface area (Å²) in [5.74, 6) is 0. The maximum absolute atomic E-state index is 8.77. The van der Waals surface area contributed by atoms with E-state index in [1.54, 1.807) is 13.1 Å². The summed E-state index contributed by atoms with van der Waals surface area (Å²) in [6, 6.07) is 0. The van der Waals surface area contributed by atoms with Gasteiger partial charge in [0.2, 0.25) is 0 Å². The first-order chi connectivity index (χ1) is 3.80. The normalized spacial score (nSPS) is 13.8. The lowest BCUT2D eigenvalue weighted by Crippen LogP contribution is -2.03. The van der Waals surface area contributed by atoms with Gasteiger partial charge in [-0.05, 0) is 6.92 Å². The molecule has 1 rings (SSSR count). The summed E-state index contributed by atoms with van der Waals surface area (Å²) in [6.45, 7) is 1.62. The molecule has 1 heterocycles. The molecule has 0 fully saturated rings. The molecule has 0 radical (unpaired) electrons. The van der Waals surface area contributed by atoms with E-state index >= 15 is 0 Å². The maximum Gasteiger partial charge on any atom is 0.145 e. The minimum absolute atomic E-state index is 0.572. The second-order valence-electron chi connectivity index (χ2n) is 1.51. The molecule has 0 spiro atoms. The highest BCUT2D eigenvalue weighted by Crippen LogP contribution is 1.92. The van der Waals surface area contributed by atoms with Crippen molar-refractivity contribution in [2.75, 3.05) is 0 Å². The van der Waals surface area contributed by atoms with Crippen molar-refractivity contribution in [1.82, 2.24) is 15.0 Å². The highest BCUT2D eigenvalue weighted by Gasteiger charge is 1.94. The Balaban J connectivity index is 2.77. The average molecular weight is 113 g/mol. The summed E-state index contributed by atoms with van der Waals surface area (Å²) < 4.78 is 1.36. The van der Waals surface area contributed by atoms with Gasteiger partial charge in [-0.25, -0.2) is 4.68 Å². The van der Waals surface area contributed by atoms with E-state index in [1.165, 1.54) is 10.9 Å². The Kier molecular flexibility index (Phi) is 1.26. The number of rotatable bonds is 1. The van der Waals surface area contributed by atoms with Crippen LogP contribution < -0.4 is 0 Å². The Morgan fingerprint density at radius 2 is 2.50 bits per heavy atom. The standard InChI is InChI=1S/C4H7N3O/c1-4(8)7-3-2-5-6-7/h2-4,8H,1H3/t4-/m1/s1. The van der Waals surface area contributed by atoms with E-state index in [1.807, 2.05) is 0 Å². The van der Waals surface area contributed by atoms with Gasteiger partial charge in [-0.3, -0.25) is 0 Å². The zero-order valence-electron chi connectivity index (χ0n) is 4.52.